The molecular formula is C12H22O5S. The standard InChI is InChI=1S/C12H22O5S/c1-9(12(13)14)7-11(18(15,16)17)8-10-5-3-2-4-6-10/h9-11H,2-8H2,1H3,(H,13,14)(H,15,16,17). The van der Waals surface area contributed by atoms with E-state index in [1.54, 1.807) is 0 Å². The average Bonchev–Trinajstić information content (AvgIpc) is 2.28. The van der Waals surface area contributed by atoms with Gasteiger partial charge in [-0.3, -0.25) is 9.35 Å². The highest BCUT2D eigenvalue weighted by Crippen LogP contribution is 2.30. The molecule has 0 spiro atoms. The summed E-state index contributed by atoms with van der Waals surface area (Å²) >= 11 is 0. The molecule has 106 valence electrons. The Morgan fingerprint density at radius 1 is 1.28 bits per heavy atom. The molecule has 1 fully saturated rings. The van der Waals surface area contributed by atoms with Crippen LogP contribution in [0, 0.1) is 11.8 Å². The number of aliphatic carboxylic acids is 1. The Bertz CT molecular complexity index is 370. The molecule has 18 heavy (non-hydrogen) atoms. The lowest BCUT2D eigenvalue weighted by Gasteiger charge is -2.25. The van der Waals surface area contributed by atoms with Crippen molar-refractivity contribution in [3.05, 3.63) is 0 Å². The van der Waals surface area contributed by atoms with Gasteiger partial charge in [0.05, 0.1) is 11.2 Å². The molecule has 0 aromatic carbocycles. The molecule has 0 aromatic heterocycles. The van der Waals surface area contributed by atoms with E-state index in [1.807, 2.05) is 0 Å². The summed E-state index contributed by atoms with van der Waals surface area (Å²) in [7, 11) is -4.16. The maximum Gasteiger partial charge on any atom is 0.306 e. The van der Waals surface area contributed by atoms with Gasteiger partial charge in [0.1, 0.15) is 0 Å². The fourth-order valence-corrected chi connectivity index (χ4v) is 3.68. The van der Waals surface area contributed by atoms with E-state index in [2.05, 4.69) is 0 Å². The molecule has 0 saturated heterocycles. The van der Waals surface area contributed by atoms with Crippen LogP contribution < -0.4 is 0 Å². The molecule has 5 nitrogen and oxygen atoms in total. The van der Waals surface area contributed by atoms with Crippen LogP contribution in [0.2, 0.25) is 0 Å². The first kappa shape index (κ1) is 15.4. The predicted octanol–water partition coefficient (Wildman–Crippen LogP) is 2.32. The first-order valence-corrected chi connectivity index (χ1v) is 8.00. The van der Waals surface area contributed by atoms with Crippen molar-refractivity contribution in [2.75, 3.05) is 0 Å². The first-order chi connectivity index (χ1) is 8.30. The summed E-state index contributed by atoms with van der Waals surface area (Å²) in [4.78, 5) is 10.8. The zero-order chi connectivity index (χ0) is 13.8. The van der Waals surface area contributed by atoms with Gasteiger partial charge in [-0.15, -0.1) is 0 Å². The number of carboxylic acid groups (broad SMARTS) is 1. The Hall–Kier alpha value is -0.620. The summed E-state index contributed by atoms with van der Waals surface area (Å²) in [5.74, 6) is -1.47. The van der Waals surface area contributed by atoms with Gasteiger partial charge >= 0.3 is 5.97 Å². The fraction of sp³-hybridized carbons (Fsp3) is 0.917. The van der Waals surface area contributed by atoms with Gasteiger partial charge in [-0.25, -0.2) is 0 Å². The topological polar surface area (TPSA) is 91.7 Å². The molecule has 2 atom stereocenters. The SMILES string of the molecule is CC(CC(CC1CCCCC1)S(=O)(=O)O)C(=O)O. The molecule has 0 bridgehead atoms. The van der Waals surface area contributed by atoms with E-state index < -0.39 is 27.3 Å². The zero-order valence-corrected chi connectivity index (χ0v) is 11.5. The zero-order valence-electron chi connectivity index (χ0n) is 10.7. The number of rotatable bonds is 6. The predicted molar refractivity (Wildman–Crippen MR) is 67.9 cm³/mol. The molecule has 2 unspecified atom stereocenters. The Morgan fingerprint density at radius 2 is 1.83 bits per heavy atom. The minimum absolute atomic E-state index is 0.00926. The van der Waals surface area contributed by atoms with E-state index in [0.29, 0.717) is 12.3 Å². The van der Waals surface area contributed by atoms with Crippen molar-refractivity contribution in [3.63, 3.8) is 0 Å². The first-order valence-electron chi connectivity index (χ1n) is 6.49. The Morgan fingerprint density at radius 3 is 2.28 bits per heavy atom. The maximum absolute atomic E-state index is 11.3. The Labute approximate surface area is 108 Å². The van der Waals surface area contributed by atoms with Crippen LogP contribution in [-0.4, -0.2) is 29.3 Å². The lowest BCUT2D eigenvalue weighted by atomic mass is 9.85. The van der Waals surface area contributed by atoms with E-state index in [-0.39, 0.29) is 6.42 Å². The van der Waals surface area contributed by atoms with Gasteiger partial charge in [-0.2, -0.15) is 8.42 Å². The number of carboxylic acids is 1. The normalized spacial score (nSPS) is 21.4. The largest absolute Gasteiger partial charge is 0.481 e. The van der Waals surface area contributed by atoms with Crippen molar-refractivity contribution in [1.82, 2.24) is 0 Å². The van der Waals surface area contributed by atoms with Crippen LogP contribution in [0.25, 0.3) is 0 Å². The number of hydrogen-bond donors (Lipinski definition) is 2. The second kappa shape index (κ2) is 6.52. The van der Waals surface area contributed by atoms with Crippen molar-refractivity contribution in [2.24, 2.45) is 11.8 Å². The third-order valence-corrected chi connectivity index (χ3v) is 5.01. The minimum Gasteiger partial charge on any atom is -0.481 e. The molecule has 1 aliphatic carbocycles. The fourth-order valence-electron chi connectivity index (χ4n) is 2.63. The van der Waals surface area contributed by atoms with E-state index in [4.69, 9.17) is 5.11 Å². The molecule has 1 rings (SSSR count). The minimum atomic E-state index is -4.16. The van der Waals surface area contributed by atoms with Gasteiger partial charge in [0.2, 0.25) is 0 Å². The molecule has 6 heteroatoms. The summed E-state index contributed by atoms with van der Waals surface area (Å²) in [6, 6.07) is 0. The number of carbonyl (C=O) groups is 1. The van der Waals surface area contributed by atoms with E-state index in [1.165, 1.54) is 13.3 Å². The Kier molecular flexibility index (Phi) is 5.59. The third kappa shape index (κ3) is 4.94. The highest BCUT2D eigenvalue weighted by atomic mass is 32.2. The summed E-state index contributed by atoms with van der Waals surface area (Å²) in [5, 5.41) is 7.89. The van der Waals surface area contributed by atoms with Crippen molar-refractivity contribution >= 4 is 16.1 Å². The summed E-state index contributed by atoms with van der Waals surface area (Å²) in [5.41, 5.74) is 0. The van der Waals surface area contributed by atoms with E-state index >= 15 is 0 Å². The molecule has 0 radical (unpaired) electrons. The quantitative estimate of drug-likeness (QED) is 0.727. The van der Waals surface area contributed by atoms with Crippen LogP contribution in [0.5, 0.6) is 0 Å². The molecule has 0 aliphatic heterocycles. The van der Waals surface area contributed by atoms with Crippen molar-refractivity contribution in [2.45, 2.75) is 57.1 Å². The van der Waals surface area contributed by atoms with Gasteiger partial charge in [0.25, 0.3) is 10.1 Å². The molecular weight excluding hydrogens is 256 g/mol. The second-order valence-corrected chi connectivity index (χ2v) is 7.05. The van der Waals surface area contributed by atoms with Gasteiger partial charge in [-0.1, -0.05) is 39.0 Å². The van der Waals surface area contributed by atoms with Crippen LogP contribution in [0.1, 0.15) is 51.9 Å². The van der Waals surface area contributed by atoms with Crippen LogP contribution in [0.15, 0.2) is 0 Å². The molecule has 0 heterocycles. The molecule has 0 aromatic rings. The third-order valence-electron chi connectivity index (χ3n) is 3.78. The van der Waals surface area contributed by atoms with Crippen LogP contribution in [0.4, 0.5) is 0 Å². The monoisotopic (exact) mass is 278 g/mol. The highest BCUT2D eigenvalue weighted by molar-refractivity contribution is 7.86. The summed E-state index contributed by atoms with van der Waals surface area (Å²) in [6.07, 6.45) is 5.70. The van der Waals surface area contributed by atoms with E-state index in [0.717, 1.165) is 25.7 Å². The lowest BCUT2D eigenvalue weighted by molar-refractivity contribution is -0.141. The Balaban J connectivity index is 2.63. The van der Waals surface area contributed by atoms with Crippen molar-refractivity contribution in [1.29, 1.82) is 0 Å². The lowest BCUT2D eigenvalue weighted by Crippen LogP contribution is -2.28. The highest BCUT2D eigenvalue weighted by Gasteiger charge is 2.30. The van der Waals surface area contributed by atoms with Crippen LogP contribution in [0.3, 0.4) is 0 Å². The summed E-state index contributed by atoms with van der Waals surface area (Å²) in [6.45, 7) is 1.47. The van der Waals surface area contributed by atoms with Gasteiger partial charge in [0, 0.05) is 0 Å². The average molecular weight is 278 g/mol. The molecule has 1 saturated carbocycles. The number of hydrogen-bond acceptors (Lipinski definition) is 3. The summed E-state index contributed by atoms with van der Waals surface area (Å²) < 4.78 is 31.9. The van der Waals surface area contributed by atoms with Gasteiger partial charge in [-0.05, 0) is 18.8 Å². The molecule has 0 amide bonds. The van der Waals surface area contributed by atoms with Gasteiger partial charge in [0.15, 0.2) is 0 Å². The van der Waals surface area contributed by atoms with Crippen LogP contribution in [-0.2, 0) is 14.9 Å². The molecule has 2 N–H and O–H groups in total. The maximum atomic E-state index is 11.3. The van der Waals surface area contributed by atoms with E-state index in [9.17, 15) is 17.8 Å². The molecule has 1 aliphatic rings. The smallest absolute Gasteiger partial charge is 0.306 e. The van der Waals surface area contributed by atoms with Gasteiger partial charge < -0.3 is 5.11 Å². The van der Waals surface area contributed by atoms with Crippen molar-refractivity contribution < 1.29 is 22.9 Å². The second-order valence-electron chi connectivity index (χ2n) is 5.35. The van der Waals surface area contributed by atoms with Crippen molar-refractivity contribution in [3.8, 4) is 0 Å². The van der Waals surface area contributed by atoms with Crippen LogP contribution >= 0.6 is 0 Å².